The predicted octanol–water partition coefficient (Wildman–Crippen LogP) is 3.43. The van der Waals surface area contributed by atoms with Crippen molar-refractivity contribution in [1.29, 1.82) is 0 Å². The van der Waals surface area contributed by atoms with Gasteiger partial charge in [-0.2, -0.15) is 0 Å². The molecule has 0 amide bonds. The summed E-state index contributed by atoms with van der Waals surface area (Å²) in [6.45, 7) is 0.373. The minimum atomic E-state index is -0.247. The maximum Gasteiger partial charge on any atom is 0.123 e. The van der Waals surface area contributed by atoms with Gasteiger partial charge in [-0.25, -0.2) is 4.39 Å². The van der Waals surface area contributed by atoms with Gasteiger partial charge in [-0.05, 0) is 48.4 Å². The van der Waals surface area contributed by atoms with Crippen LogP contribution in [0.1, 0.15) is 5.56 Å². The number of hydrogen-bond donors (Lipinski definition) is 1. The second-order valence-corrected chi connectivity index (χ2v) is 4.80. The molecule has 2 N–H and O–H groups in total. The van der Waals surface area contributed by atoms with Crippen LogP contribution in [0.25, 0.3) is 0 Å². The van der Waals surface area contributed by atoms with E-state index >= 15 is 0 Å². The molecule has 0 saturated heterocycles. The molecule has 0 heterocycles. The molecule has 0 aliphatic rings. The summed E-state index contributed by atoms with van der Waals surface area (Å²) in [6.07, 6.45) is 0.575. The summed E-state index contributed by atoms with van der Waals surface area (Å²) in [7, 11) is 0. The number of hydrogen-bond acceptors (Lipinski definition) is 2. The first kappa shape index (κ1) is 13.8. The van der Waals surface area contributed by atoms with Crippen LogP contribution in [0.15, 0.2) is 48.5 Å². The second-order valence-electron chi connectivity index (χ2n) is 4.36. The van der Waals surface area contributed by atoms with Crippen LogP contribution < -0.4 is 10.5 Å². The standard InChI is InChI=1S/C15H15ClFNO/c16-12-4-6-15(7-5-12)19-10-14(18)9-11-2-1-3-13(17)8-11/h1-8,14H,9-10,18H2. The first-order chi connectivity index (χ1) is 9.13. The van der Waals surface area contributed by atoms with Gasteiger partial charge in [-0.15, -0.1) is 0 Å². The molecule has 2 aromatic carbocycles. The molecule has 100 valence electrons. The summed E-state index contributed by atoms with van der Waals surface area (Å²) in [5.74, 6) is 0.474. The van der Waals surface area contributed by atoms with Gasteiger partial charge in [0.05, 0.1) is 0 Å². The predicted molar refractivity (Wildman–Crippen MR) is 75.0 cm³/mol. The van der Waals surface area contributed by atoms with Gasteiger partial charge in [0, 0.05) is 11.1 Å². The minimum absolute atomic E-state index is 0.183. The molecule has 2 rings (SSSR count). The van der Waals surface area contributed by atoms with Gasteiger partial charge in [-0.1, -0.05) is 23.7 Å². The van der Waals surface area contributed by atoms with E-state index < -0.39 is 0 Å². The number of rotatable bonds is 5. The Hall–Kier alpha value is -1.58. The lowest BCUT2D eigenvalue weighted by atomic mass is 10.1. The largest absolute Gasteiger partial charge is 0.492 e. The molecule has 0 radical (unpaired) electrons. The molecule has 0 aliphatic carbocycles. The first-order valence-electron chi connectivity index (χ1n) is 6.02. The van der Waals surface area contributed by atoms with Crippen LogP contribution in [0.3, 0.4) is 0 Å². The zero-order valence-electron chi connectivity index (χ0n) is 10.4. The second kappa shape index (κ2) is 6.55. The molecule has 2 nitrogen and oxygen atoms in total. The lowest BCUT2D eigenvalue weighted by Crippen LogP contribution is -2.30. The Morgan fingerprint density at radius 1 is 1.16 bits per heavy atom. The Morgan fingerprint density at radius 3 is 2.58 bits per heavy atom. The van der Waals surface area contributed by atoms with Crippen molar-refractivity contribution in [3.8, 4) is 5.75 Å². The average Bonchev–Trinajstić information content (AvgIpc) is 2.38. The fourth-order valence-electron chi connectivity index (χ4n) is 1.76. The van der Waals surface area contributed by atoms with E-state index in [9.17, 15) is 4.39 Å². The van der Waals surface area contributed by atoms with Crippen molar-refractivity contribution in [2.75, 3.05) is 6.61 Å². The van der Waals surface area contributed by atoms with Crippen molar-refractivity contribution >= 4 is 11.6 Å². The van der Waals surface area contributed by atoms with Crippen LogP contribution in [-0.4, -0.2) is 12.6 Å². The van der Waals surface area contributed by atoms with Crippen molar-refractivity contribution in [2.24, 2.45) is 5.73 Å². The zero-order valence-corrected chi connectivity index (χ0v) is 11.1. The van der Waals surface area contributed by atoms with Crippen molar-refractivity contribution in [3.05, 3.63) is 64.9 Å². The molecule has 0 spiro atoms. The molecule has 19 heavy (non-hydrogen) atoms. The molecular weight excluding hydrogens is 265 g/mol. The summed E-state index contributed by atoms with van der Waals surface area (Å²) in [5.41, 5.74) is 6.83. The van der Waals surface area contributed by atoms with E-state index in [0.29, 0.717) is 18.1 Å². The maximum absolute atomic E-state index is 13.0. The smallest absolute Gasteiger partial charge is 0.123 e. The highest BCUT2D eigenvalue weighted by Crippen LogP contribution is 2.15. The Kier molecular flexibility index (Phi) is 4.77. The molecule has 1 atom stereocenters. The topological polar surface area (TPSA) is 35.2 Å². The third-order valence-corrected chi connectivity index (χ3v) is 2.92. The monoisotopic (exact) mass is 279 g/mol. The lowest BCUT2D eigenvalue weighted by Gasteiger charge is -2.13. The Balaban J connectivity index is 1.84. The van der Waals surface area contributed by atoms with Gasteiger partial charge in [-0.3, -0.25) is 0 Å². The molecule has 2 aromatic rings. The quantitative estimate of drug-likeness (QED) is 0.910. The summed E-state index contributed by atoms with van der Waals surface area (Å²) in [4.78, 5) is 0. The van der Waals surface area contributed by atoms with Crippen molar-refractivity contribution in [3.63, 3.8) is 0 Å². The van der Waals surface area contributed by atoms with Gasteiger partial charge >= 0.3 is 0 Å². The van der Waals surface area contributed by atoms with Crippen LogP contribution in [0.5, 0.6) is 5.75 Å². The average molecular weight is 280 g/mol. The van der Waals surface area contributed by atoms with E-state index in [4.69, 9.17) is 22.1 Å². The highest BCUT2D eigenvalue weighted by molar-refractivity contribution is 6.30. The van der Waals surface area contributed by atoms with Crippen molar-refractivity contribution in [2.45, 2.75) is 12.5 Å². The van der Waals surface area contributed by atoms with Gasteiger partial charge in [0.2, 0.25) is 0 Å². The Labute approximate surface area is 117 Å². The Morgan fingerprint density at radius 2 is 1.89 bits per heavy atom. The molecule has 0 aromatic heterocycles. The van der Waals surface area contributed by atoms with E-state index in [0.717, 1.165) is 11.3 Å². The summed E-state index contributed by atoms with van der Waals surface area (Å²) in [5, 5.41) is 0.663. The summed E-state index contributed by atoms with van der Waals surface area (Å²) < 4.78 is 18.6. The number of benzene rings is 2. The maximum atomic E-state index is 13.0. The minimum Gasteiger partial charge on any atom is -0.492 e. The first-order valence-corrected chi connectivity index (χ1v) is 6.39. The van der Waals surface area contributed by atoms with E-state index in [1.807, 2.05) is 6.07 Å². The van der Waals surface area contributed by atoms with Crippen LogP contribution in [0.2, 0.25) is 5.02 Å². The third kappa shape index (κ3) is 4.54. The molecule has 4 heteroatoms. The van der Waals surface area contributed by atoms with Gasteiger partial charge in [0.1, 0.15) is 18.2 Å². The fourth-order valence-corrected chi connectivity index (χ4v) is 1.89. The van der Waals surface area contributed by atoms with Crippen LogP contribution in [-0.2, 0) is 6.42 Å². The van der Waals surface area contributed by atoms with Crippen molar-refractivity contribution < 1.29 is 9.13 Å². The molecule has 1 unspecified atom stereocenters. The van der Waals surface area contributed by atoms with Crippen molar-refractivity contribution in [1.82, 2.24) is 0 Å². The summed E-state index contributed by atoms with van der Waals surface area (Å²) in [6, 6.07) is 13.3. The van der Waals surface area contributed by atoms with E-state index in [-0.39, 0.29) is 11.9 Å². The molecule has 0 bridgehead atoms. The van der Waals surface area contributed by atoms with E-state index in [1.54, 1.807) is 30.3 Å². The molecule has 0 aliphatic heterocycles. The third-order valence-electron chi connectivity index (χ3n) is 2.66. The SMILES string of the molecule is NC(COc1ccc(Cl)cc1)Cc1cccc(F)c1. The van der Waals surface area contributed by atoms with Crippen LogP contribution in [0.4, 0.5) is 4.39 Å². The van der Waals surface area contributed by atoms with Gasteiger partial charge in [0.15, 0.2) is 0 Å². The summed E-state index contributed by atoms with van der Waals surface area (Å²) >= 11 is 5.78. The van der Waals surface area contributed by atoms with E-state index in [1.165, 1.54) is 12.1 Å². The normalized spacial score (nSPS) is 12.2. The molecule has 0 saturated carbocycles. The Bertz CT molecular complexity index is 530. The highest BCUT2D eigenvalue weighted by Gasteiger charge is 2.06. The van der Waals surface area contributed by atoms with Crippen LogP contribution in [0, 0.1) is 5.82 Å². The van der Waals surface area contributed by atoms with E-state index in [2.05, 4.69) is 0 Å². The molecular formula is C15H15ClFNO. The van der Waals surface area contributed by atoms with Gasteiger partial charge in [0.25, 0.3) is 0 Å². The van der Waals surface area contributed by atoms with Gasteiger partial charge < -0.3 is 10.5 Å². The van der Waals surface area contributed by atoms with Crippen LogP contribution >= 0.6 is 11.6 Å². The lowest BCUT2D eigenvalue weighted by molar-refractivity contribution is 0.287. The number of nitrogens with two attached hydrogens (primary N) is 1. The highest BCUT2D eigenvalue weighted by atomic mass is 35.5. The fraction of sp³-hybridized carbons (Fsp3) is 0.200. The number of halogens is 2. The number of ether oxygens (including phenoxy) is 1. The zero-order chi connectivity index (χ0) is 13.7. The molecule has 0 fully saturated rings.